The Morgan fingerprint density at radius 3 is 2.76 bits per heavy atom. The van der Waals surface area contributed by atoms with E-state index in [1.807, 2.05) is 23.6 Å². The molecule has 0 saturated heterocycles. The first-order chi connectivity index (χ1) is 12.0. The lowest BCUT2D eigenvalue weighted by atomic mass is 10.2. The molecule has 3 aromatic rings. The van der Waals surface area contributed by atoms with Crippen molar-refractivity contribution in [3.8, 4) is 17.0 Å². The van der Waals surface area contributed by atoms with Crippen LogP contribution in [0, 0.1) is 0 Å². The predicted octanol–water partition coefficient (Wildman–Crippen LogP) is 6.14. The highest BCUT2D eigenvalue weighted by Gasteiger charge is 2.14. The standard InChI is InChI=1S/C17H11BrCl2N2O2S/c1-24-15-5-2-9(6-12(15)18)14-8-25-17(21-14)22-16(23)11-7-10(19)3-4-13(11)20/h2-8H,1H3,(H,21,22,23). The lowest BCUT2D eigenvalue weighted by Gasteiger charge is -2.05. The number of methoxy groups -OCH3 is 1. The molecule has 1 aromatic heterocycles. The van der Waals surface area contributed by atoms with E-state index in [-0.39, 0.29) is 5.91 Å². The molecule has 128 valence electrons. The van der Waals surface area contributed by atoms with Gasteiger partial charge in [-0.15, -0.1) is 11.3 Å². The van der Waals surface area contributed by atoms with Gasteiger partial charge in [-0.05, 0) is 52.3 Å². The zero-order chi connectivity index (χ0) is 18.0. The van der Waals surface area contributed by atoms with Crippen LogP contribution in [0.3, 0.4) is 0 Å². The Hall–Kier alpha value is -1.60. The van der Waals surface area contributed by atoms with Gasteiger partial charge in [0.05, 0.1) is 27.9 Å². The van der Waals surface area contributed by atoms with Crippen molar-refractivity contribution in [3.05, 3.63) is 61.9 Å². The fourth-order valence-electron chi connectivity index (χ4n) is 2.13. The molecule has 0 saturated carbocycles. The van der Waals surface area contributed by atoms with Crippen molar-refractivity contribution in [1.82, 2.24) is 4.98 Å². The number of carbonyl (C=O) groups is 1. The van der Waals surface area contributed by atoms with Crippen LogP contribution < -0.4 is 10.1 Å². The third-order valence-electron chi connectivity index (χ3n) is 3.35. The van der Waals surface area contributed by atoms with Gasteiger partial charge >= 0.3 is 0 Å². The highest BCUT2D eigenvalue weighted by molar-refractivity contribution is 9.10. The minimum Gasteiger partial charge on any atom is -0.496 e. The van der Waals surface area contributed by atoms with E-state index >= 15 is 0 Å². The second-order valence-electron chi connectivity index (χ2n) is 4.97. The van der Waals surface area contributed by atoms with Crippen LogP contribution in [0.1, 0.15) is 10.4 Å². The number of amides is 1. The summed E-state index contributed by atoms with van der Waals surface area (Å²) in [4.78, 5) is 16.8. The van der Waals surface area contributed by atoms with E-state index in [0.717, 1.165) is 21.5 Å². The Morgan fingerprint density at radius 1 is 1.24 bits per heavy atom. The molecule has 0 aliphatic carbocycles. The van der Waals surface area contributed by atoms with Gasteiger partial charge in [0, 0.05) is 16.0 Å². The van der Waals surface area contributed by atoms with E-state index in [4.69, 9.17) is 27.9 Å². The van der Waals surface area contributed by atoms with Crippen molar-refractivity contribution in [2.75, 3.05) is 12.4 Å². The van der Waals surface area contributed by atoms with Gasteiger partial charge in [-0.1, -0.05) is 23.2 Å². The van der Waals surface area contributed by atoms with Crippen LogP contribution in [0.15, 0.2) is 46.3 Å². The molecule has 2 aromatic carbocycles. The van der Waals surface area contributed by atoms with E-state index in [1.54, 1.807) is 19.2 Å². The summed E-state index contributed by atoms with van der Waals surface area (Å²) < 4.78 is 6.05. The number of nitrogens with one attached hydrogen (secondary N) is 1. The highest BCUT2D eigenvalue weighted by atomic mass is 79.9. The second-order valence-corrected chi connectivity index (χ2v) is 7.52. The van der Waals surface area contributed by atoms with Crippen LogP contribution in [-0.2, 0) is 0 Å². The highest BCUT2D eigenvalue weighted by Crippen LogP contribution is 2.32. The number of aromatic nitrogens is 1. The molecule has 4 nitrogen and oxygen atoms in total. The maximum absolute atomic E-state index is 12.4. The molecule has 0 aliphatic heterocycles. The van der Waals surface area contributed by atoms with Gasteiger partial charge in [-0.25, -0.2) is 4.98 Å². The molecular weight excluding hydrogens is 447 g/mol. The van der Waals surface area contributed by atoms with Crippen LogP contribution in [-0.4, -0.2) is 18.0 Å². The third-order valence-corrected chi connectivity index (χ3v) is 5.29. The Morgan fingerprint density at radius 2 is 2.04 bits per heavy atom. The van der Waals surface area contributed by atoms with Crippen molar-refractivity contribution in [3.63, 3.8) is 0 Å². The molecule has 0 radical (unpaired) electrons. The Kier molecular flexibility index (Phi) is 5.64. The van der Waals surface area contributed by atoms with E-state index in [0.29, 0.717) is 20.7 Å². The number of thiazole rings is 1. The van der Waals surface area contributed by atoms with Crippen LogP contribution in [0.5, 0.6) is 5.75 Å². The predicted molar refractivity (Wildman–Crippen MR) is 106 cm³/mol. The quantitative estimate of drug-likeness (QED) is 0.511. The molecule has 1 heterocycles. The number of nitrogens with zero attached hydrogens (tertiary/aromatic N) is 1. The molecule has 0 spiro atoms. The van der Waals surface area contributed by atoms with Gasteiger partial charge in [0.25, 0.3) is 5.91 Å². The fraction of sp³-hybridized carbons (Fsp3) is 0.0588. The van der Waals surface area contributed by atoms with Crippen LogP contribution in [0.2, 0.25) is 10.0 Å². The molecule has 0 aliphatic rings. The Labute approximate surface area is 166 Å². The first kappa shape index (κ1) is 18.2. The number of anilines is 1. The molecule has 1 amide bonds. The van der Waals surface area contributed by atoms with Crippen LogP contribution in [0.25, 0.3) is 11.3 Å². The van der Waals surface area contributed by atoms with Gasteiger partial charge in [-0.2, -0.15) is 0 Å². The molecule has 0 atom stereocenters. The summed E-state index contributed by atoms with van der Waals surface area (Å²) in [6.45, 7) is 0. The summed E-state index contributed by atoms with van der Waals surface area (Å²) in [5, 5.41) is 5.86. The maximum Gasteiger partial charge on any atom is 0.259 e. The second kappa shape index (κ2) is 7.74. The lowest BCUT2D eigenvalue weighted by molar-refractivity contribution is 0.102. The topological polar surface area (TPSA) is 51.2 Å². The van der Waals surface area contributed by atoms with E-state index in [1.165, 1.54) is 17.4 Å². The zero-order valence-electron chi connectivity index (χ0n) is 12.8. The number of hydrogen-bond donors (Lipinski definition) is 1. The summed E-state index contributed by atoms with van der Waals surface area (Å²) >= 11 is 16.8. The van der Waals surface area contributed by atoms with Gasteiger partial charge in [0.15, 0.2) is 5.13 Å². The zero-order valence-corrected chi connectivity index (χ0v) is 16.8. The summed E-state index contributed by atoms with van der Waals surface area (Å²) in [5.74, 6) is 0.382. The average molecular weight is 458 g/mol. The third kappa shape index (κ3) is 4.15. The number of benzene rings is 2. The number of carbonyl (C=O) groups excluding carboxylic acids is 1. The summed E-state index contributed by atoms with van der Waals surface area (Å²) in [5.41, 5.74) is 1.96. The van der Waals surface area contributed by atoms with E-state index in [2.05, 4.69) is 26.2 Å². The number of ether oxygens (including phenoxy) is 1. The van der Waals surface area contributed by atoms with Crippen molar-refractivity contribution < 1.29 is 9.53 Å². The molecular formula is C17H11BrCl2N2O2S. The Bertz CT molecular complexity index is 946. The van der Waals surface area contributed by atoms with Gasteiger partial charge in [0.1, 0.15) is 5.75 Å². The monoisotopic (exact) mass is 456 g/mol. The van der Waals surface area contributed by atoms with Crippen LogP contribution in [0.4, 0.5) is 5.13 Å². The summed E-state index contributed by atoms with van der Waals surface area (Å²) in [7, 11) is 1.61. The minimum absolute atomic E-state index is 0.304. The molecule has 1 N–H and O–H groups in total. The van der Waals surface area contributed by atoms with Crippen molar-refractivity contribution >= 4 is 61.5 Å². The molecule has 25 heavy (non-hydrogen) atoms. The largest absolute Gasteiger partial charge is 0.496 e. The summed E-state index contributed by atoms with van der Waals surface area (Å²) in [6.07, 6.45) is 0. The molecule has 0 bridgehead atoms. The maximum atomic E-state index is 12.4. The number of halogens is 3. The van der Waals surface area contributed by atoms with Crippen LogP contribution >= 0.6 is 50.5 Å². The first-order valence-corrected chi connectivity index (χ1v) is 9.46. The molecule has 0 fully saturated rings. The van der Waals surface area contributed by atoms with Gasteiger partial charge in [0.2, 0.25) is 0 Å². The lowest BCUT2D eigenvalue weighted by Crippen LogP contribution is -2.12. The number of hydrogen-bond acceptors (Lipinski definition) is 4. The smallest absolute Gasteiger partial charge is 0.259 e. The van der Waals surface area contributed by atoms with Crippen molar-refractivity contribution in [2.24, 2.45) is 0 Å². The van der Waals surface area contributed by atoms with Gasteiger partial charge in [-0.3, -0.25) is 10.1 Å². The molecule has 8 heteroatoms. The van der Waals surface area contributed by atoms with E-state index < -0.39 is 0 Å². The molecule has 3 rings (SSSR count). The average Bonchev–Trinajstić information content (AvgIpc) is 3.05. The SMILES string of the molecule is COc1ccc(-c2csc(NC(=O)c3cc(Cl)ccc3Cl)n2)cc1Br. The number of rotatable bonds is 4. The minimum atomic E-state index is -0.357. The van der Waals surface area contributed by atoms with Crippen molar-refractivity contribution in [1.29, 1.82) is 0 Å². The van der Waals surface area contributed by atoms with Gasteiger partial charge < -0.3 is 4.74 Å². The normalized spacial score (nSPS) is 10.6. The first-order valence-electron chi connectivity index (χ1n) is 7.04. The summed E-state index contributed by atoms with van der Waals surface area (Å²) in [6, 6.07) is 10.4. The fourth-order valence-corrected chi connectivity index (χ4v) is 3.76. The molecule has 0 unspecified atom stereocenters. The Balaban J connectivity index is 1.81. The van der Waals surface area contributed by atoms with Crippen molar-refractivity contribution in [2.45, 2.75) is 0 Å². The van der Waals surface area contributed by atoms with E-state index in [9.17, 15) is 4.79 Å².